The lowest BCUT2D eigenvalue weighted by Gasteiger charge is -2.62. The number of ketones is 1. The Labute approximate surface area is 181 Å². The number of rotatable bonds is 5. The van der Waals surface area contributed by atoms with E-state index < -0.39 is 5.97 Å². The fourth-order valence-electron chi connectivity index (χ4n) is 8.72. The van der Waals surface area contributed by atoms with Crippen LogP contribution in [0.4, 0.5) is 0 Å². The molecule has 4 rings (SSSR count). The van der Waals surface area contributed by atoms with Gasteiger partial charge in [-0.05, 0) is 91.4 Å². The first-order valence-corrected chi connectivity index (χ1v) is 12.3. The number of carboxylic acid groups (broad SMARTS) is 1. The number of fused-ring (bicyclic) bond motifs is 5. The second-order valence-corrected chi connectivity index (χ2v) is 11.4. The Bertz CT molecular complexity index is 741. The van der Waals surface area contributed by atoms with E-state index in [1.807, 2.05) is 6.08 Å². The minimum atomic E-state index is -0.696. The van der Waals surface area contributed by atoms with Gasteiger partial charge < -0.3 is 10.2 Å². The number of aliphatic hydroxyl groups is 1. The zero-order chi connectivity index (χ0) is 21.8. The Morgan fingerprint density at radius 3 is 2.60 bits per heavy atom. The number of hydrogen-bond donors (Lipinski definition) is 2. The van der Waals surface area contributed by atoms with Crippen molar-refractivity contribution >= 4 is 11.8 Å². The van der Waals surface area contributed by atoms with E-state index in [-0.39, 0.29) is 35.1 Å². The van der Waals surface area contributed by atoms with Gasteiger partial charge in [-0.25, -0.2) is 0 Å². The molecule has 4 nitrogen and oxygen atoms in total. The summed E-state index contributed by atoms with van der Waals surface area (Å²) in [7, 11) is 0. The SMILES string of the molecule is CC[C@H]1C2=CC(=O)CC[C@]2(C)[C@H]2CC[C@]3(C)[C@@H]([C@H](C)CCC(=O)O)CC[C@H]3[C@@H]2[C@@H]1O. The molecule has 0 aliphatic heterocycles. The largest absolute Gasteiger partial charge is 0.481 e. The van der Waals surface area contributed by atoms with Crippen molar-refractivity contribution in [1.82, 2.24) is 0 Å². The fourth-order valence-corrected chi connectivity index (χ4v) is 8.72. The lowest BCUT2D eigenvalue weighted by molar-refractivity contribution is -0.139. The molecule has 0 unspecified atom stereocenters. The van der Waals surface area contributed by atoms with Crippen molar-refractivity contribution in [3.05, 3.63) is 11.6 Å². The number of carboxylic acids is 1. The first-order chi connectivity index (χ1) is 14.1. The number of aliphatic carboxylic acids is 1. The van der Waals surface area contributed by atoms with Crippen molar-refractivity contribution in [3.63, 3.8) is 0 Å². The molecule has 2 N–H and O–H groups in total. The molecule has 0 aromatic carbocycles. The summed E-state index contributed by atoms with van der Waals surface area (Å²) in [5.41, 5.74) is 1.48. The molecule has 3 saturated carbocycles. The minimum Gasteiger partial charge on any atom is -0.481 e. The van der Waals surface area contributed by atoms with Crippen LogP contribution < -0.4 is 0 Å². The molecule has 0 amide bonds. The normalized spacial score (nSPS) is 46.4. The van der Waals surface area contributed by atoms with Gasteiger partial charge in [0.05, 0.1) is 6.10 Å². The predicted octanol–water partition coefficient (Wildman–Crippen LogP) is 5.24. The van der Waals surface area contributed by atoms with E-state index in [1.165, 1.54) is 12.0 Å². The maximum atomic E-state index is 12.2. The standard InChI is InChI=1S/C26H40O4/c1-5-17-21-14-16(27)10-12-26(21,4)20-11-13-25(3)18(15(2)6-9-22(28)29)7-8-19(25)23(20)24(17)30/h14-15,17-20,23-24,30H,5-13H2,1-4H3,(H,28,29)/t15-,17+,18-,19+,20+,23+,24-,25-,26-/m1/s1. The molecule has 0 spiro atoms. The van der Waals surface area contributed by atoms with Crippen molar-refractivity contribution in [2.24, 2.45) is 46.3 Å². The summed E-state index contributed by atoms with van der Waals surface area (Å²) >= 11 is 0. The van der Waals surface area contributed by atoms with Gasteiger partial charge in [0, 0.05) is 18.8 Å². The maximum Gasteiger partial charge on any atom is 0.303 e. The predicted molar refractivity (Wildman–Crippen MR) is 117 cm³/mol. The minimum absolute atomic E-state index is 0.0484. The molecule has 0 radical (unpaired) electrons. The highest BCUT2D eigenvalue weighted by Gasteiger charge is 2.63. The summed E-state index contributed by atoms with van der Waals surface area (Å²) in [5.74, 6) is 1.88. The Morgan fingerprint density at radius 2 is 1.93 bits per heavy atom. The van der Waals surface area contributed by atoms with E-state index in [0.717, 1.165) is 38.5 Å². The van der Waals surface area contributed by atoms with Gasteiger partial charge in [0.15, 0.2) is 5.78 Å². The smallest absolute Gasteiger partial charge is 0.303 e. The van der Waals surface area contributed by atoms with Gasteiger partial charge in [0.2, 0.25) is 0 Å². The van der Waals surface area contributed by atoms with Crippen LogP contribution in [-0.4, -0.2) is 28.1 Å². The van der Waals surface area contributed by atoms with Gasteiger partial charge in [-0.3, -0.25) is 9.59 Å². The number of hydrogen-bond acceptors (Lipinski definition) is 3. The summed E-state index contributed by atoms with van der Waals surface area (Å²) in [5, 5.41) is 20.8. The third-order valence-corrected chi connectivity index (χ3v) is 10.2. The zero-order valence-electron chi connectivity index (χ0n) is 19.2. The van der Waals surface area contributed by atoms with E-state index in [9.17, 15) is 14.7 Å². The highest BCUT2D eigenvalue weighted by Crippen LogP contribution is 2.68. The number of aliphatic hydroxyl groups excluding tert-OH is 1. The molecule has 4 aliphatic rings. The van der Waals surface area contributed by atoms with Crippen LogP contribution in [0.3, 0.4) is 0 Å². The number of carbonyl (C=O) groups is 2. The molecule has 0 aromatic heterocycles. The summed E-state index contributed by atoms with van der Waals surface area (Å²) in [6.07, 6.45) is 9.62. The molecular formula is C26H40O4. The van der Waals surface area contributed by atoms with Crippen molar-refractivity contribution in [2.45, 2.75) is 91.6 Å². The molecule has 9 atom stereocenters. The second-order valence-electron chi connectivity index (χ2n) is 11.4. The van der Waals surface area contributed by atoms with Crippen LogP contribution in [0.25, 0.3) is 0 Å². The Morgan fingerprint density at radius 1 is 1.20 bits per heavy atom. The van der Waals surface area contributed by atoms with Crippen LogP contribution in [0.1, 0.15) is 85.5 Å². The molecular weight excluding hydrogens is 376 g/mol. The van der Waals surface area contributed by atoms with Crippen molar-refractivity contribution in [3.8, 4) is 0 Å². The summed E-state index contributed by atoms with van der Waals surface area (Å²) < 4.78 is 0. The van der Waals surface area contributed by atoms with Crippen LogP contribution in [-0.2, 0) is 9.59 Å². The Hall–Kier alpha value is -1.16. The molecule has 4 heteroatoms. The summed E-state index contributed by atoms with van der Waals surface area (Å²) in [4.78, 5) is 23.4. The van der Waals surface area contributed by atoms with Crippen LogP contribution >= 0.6 is 0 Å². The average Bonchev–Trinajstić information content (AvgIpc) is 3.05. The van der Waals surface area contributed by atoms with Gasteiger partial charge >= 0.3 is 5.97 Å². The van der Waals surface area contributed by atoms with Crippen molar-refractivity contribution in [1.29, 1.82) is 0 Å². The second kappa shape index (κ2) is 7.76. The van der Waals surface area contributed by atoms with Crippen molar-refractivity contribution in [2.75, 3.05) is 0 Å². The molecule has 30 heavy (non-hydrogen) atoms. The highest BCUT2D eigenvalue weighted by molar-refractivity contribution is 5.91. The van der Waals surface area contributed by atoms with Crippen LogP contribution in [0.5, 0.6) is 0 Å². The van der Waals surface area contributed by atoms with Crippen LogP contribution in [0.15, 0.2) is 11.6 Å². The summed E-state index contributed by atoms with van der Waals surface area (Å²) in [6, 6.07) is 0. The monoisotopic (exact) mass is 416 g/mol. The van der Waals surface area contributed by atoms with Gasteiger partial charge in [-0.1, -0.05) is 33.3 Å². The van der Waals surface area contributed by atoms with Gasteiger partial charge in [-0.2, -0.15) is 0 Å². The third-order valence-electron chi connectivity index (χ3n) is 10.2. The molecule has 4 aliphatic carbocycles. The first-order valence-electron chi connectivity index (χ1n) is 12.3. The molecule has 3 fully saturated rings. The first kappa shape index (κ1) is 22.0. The third kappa shape index (κ3) is 3.20. The molecule has 0 bridgehead atoms. The maximum absolute atomic E-state index is 12.2. The molecule has 0 heterocycles. The van der Waals surface area contributed by atoms with Gasteiger partial charge in [-0.15, -0.1) is 0 Å². The number of carbonyl (C=O) groups excluding carboxylic acids is 1. The van der Waals surface area contributed by atoms with Gasteiger partial charge in [0.25, 0.3) is 0 Å². The van der Waals surface area contributed by atoms with E-state index in [1.54, 1.807) is 0 Å². The van der Waals surface area contributed by atoms with E-state index in [0.29, 0.717) is 36.0 Å². The zero-order valence-corrected chi connectivity index (χ0v) is 19.2. The lowest BCUT2D eigenvalue weighted by atomic mass is 9.43. The van der Waals surface area contributed by atoms with E-state index in [4.69, 9.17) is 5.11 Å². The topological polar surface area (TPSA) is 74.6 Å². The van der Waals surface area contributed by atoms with Crippen molar-refractivity contribution < 1.29 is 19.8 Å². The van der Waals surface area contributed by atoms with Crippen LogP contribution in [0.2, 0.25) is 0 Å². The molecule has 0 aromatic rings. The van der Waals surface area contributed by atoms with Crippen LogP contribution in [0, 0.1) is 46.3 Å². The van der Waals surface area contributed by atoms with E-state index >= 15 is 0 Å². The fraction of sp³-hybridized carbons (Fsp3) is 0.846. The molecule has 168 valence electrons. The Balaban J connectivity index is 1.65. The average molecular weight is 417 g/mol. The lowest BCUT2D eigenvalue weighted by Crippen LogP contribution is -2.58. The highest BCUT2D eigenvalue weighted by atomic mass is 16.4. The quantitative estimate of drug-likeness (QED) is 0.642. The molecule has 0 saturated heterocycles. The van der Waals surface area contributed by atoms with Gasteiger partial charge in [0.1, 0.15) is 0 Å². The Kier molecular flexibility index (Phi) is 5.70. The summed E-state index contributed by atoms with van der Waals surface area (Å²) in [6.45, 7) is 9.22. The van der Waals surface area contributed by atoms with E-state index in [2.05, 4.69) is 27.7 Å².